The molecule has 0 spiro atoms. The van der Waals surface area contributed by atoms with E-state index >= 15 is 0 Å². The molecule has 22 heavy (non-hydrogen) atoms. The van der Waals surface area contributed by atoms with Crippen LogP contribution < -0.4 is 5.32 Å². The molecule has 1 fully saturated rings. The van der Waals surface area contributed by atoms with Gasteiger partial charge in [0, 0.05) is 10.9 Å². The third-order valence-corrected chi connectivity index (χ3v) is 5.10. The van der Waals surface area contributed by atoms with Crippen LogP contribution in [0.4, 0.5) is 0 Å². The van der Waals surface area contributed by atoms with Crippen molar-refractivity contribution < 1.29 is 9.32 Å². The van der Waals surface area contributed by atoms with Crippen LogP contribution in [0.25, 0.3) is 0 Å². The van der Waals surface area contributed by atoms with Gasteiger partial charge >= 0.3 is 0 Å². The maximum Gasteiger partial charge on any atom is 0.234 e. The molecule has 2 atom stereocenters. The van der Waals surface area contributed by atoms with Crippen molar-refractivity contribution in [1.29, 1.82) is 0 Å². The fourth-order valence-corrected chi connectivity index (χ4v) is 3.71. The lowest BCUT2D eigenvalue weighted by Gasteiger charge is -2.23. The Morgan fingerprint density at radius 3 is 3.18 bits per heavy atom. The molecular weight excluding hydrogens is 298 g/mol. The molecule has 0 radical (unpaired) electrons. The van der Waals surface area contributed by atoms with Crippen LogP contribution in [0.2, 0.25) is 0 Å². The number of rotatable bonds is 5. The molecule has 1 N–H and O–H groups in total. The summed E-state index contributed by atoms with van der Waals surface area (Å²) in [6.45, 7) is 5.25. The highest BCUT2D eigenvalue weighted by molar-refractivity contribution is 7.10. The predicted molar refractivity (Wildman–Crippen MR) is 85.7 cm³/mol. The Hall–Kier alpha value is -1.66. The Bertz CT molecular complexity index is 623. The van der Waals surface area contributed by atoms with E-state index < -0.39 is 0 Å². The zero-order valence-electron chi connectivity index (χ0n) is 12.9. The van der Waals surface area contributed by atoms with E-state index in [-0.39, 0.29) is 18.0 Å². The summed E-state index contributed by atoms with van der Waals surface area (Å²) in [5, 5.41) is 9.21. The van der Waals surface area contributed by atoms with Gasteiger partial charge in [-0.3, -0.25) is 9.69 Å². The van der Waals surface area contributed by atoms with E-state index in [0.29, 0.717) is 6.54 Å². The van der Waals surface area contributed by atoms with Gasteiger partial charge in [-0.05, 0) is 44.7 Å². The molecule has 0 aromatic carbocycles. The summed E-state index contributed by atoms with van der Waals surface area (Å²) in [5.41, 5.74) is 0.939. The number of thiophene rings is 1. The van der Waals surface area contributed by atoms with Gasteiger partial charge in [0.2, 0.25) is 5.91 Å². The minimum absolute atomic E-state index is 0.0582. The van der Waals surface area contributed by atoms with E-state index in [1.54, 1.807) is 11.3 Å². The van der Waals surface area contributed by atoms with Gasteiger partial charge in [0.25, 0.3) is 0 Å². The van der Waals surface area contributed by atoms with Crippen LogP contribution in [-0.2, 0) is 4.79 Å². The molecule has 0 bridgehead atoms. The summed E-state index contributed by atoms with van der Waals surface area (Å²) < 4.78 is 5.17. The second-order valence-electron chi connectivity index (χ2n) is 5.80. The van der Waals surface area contributed by atoms with E-state index in [2.05, 4.69) is 15.4 Å². The number of hydrogen-bond acceptors (Lipinski definition) is 5. The molecule has 3 rings (SSSR count). The molecule has 1 saturated heterocycles. The lowest BCUT2D eigenvalue weighted by atomic mass is 10.1. The van der Waals surface area contributed by atoms with Crippen LogP contribution in [0.5, 0.6) is 0 Å². The van der Waals surface area contributed by atoms with Gasteiger partial charge in [-0.1, -0.05) is 11.2 Å². The molecule has 0 aliphatic carbocycles. The molecule has 1 amide bonds. The van der Waals surface area contributed by atoms with Crippen molar-refractivity contribution >= 4 is 17.2 Å². The van der Waals surface area contributed by atoms with Crippen molar-refractivity contribution in [2.45, 2.75) is 38.8 Å². The second kappa shape index (κ2) is 6.62. The lowest BCUT2D eigenvalue weighted by Crippen LogP contribution is -2.37. The van der Waals surface area contributed by atoms with Gasteiger partial charge in [-0.15, -0.1) is 11.3 Å². The molecule has 2 aromatic heterocycles. The van der Waals surface area contributed by atoms with Crippen molar-refractivity contribution in [3.8, 4) is 0 Å². The quantitative estimate of drug-likeness (QED) is 0.920. The summed E-state index contributed by atoms with van der Waals surface area (Å²) in [6, 6.07) is 6.27. The third-order valence-electron chi connectivity index (χ3n) is 4.05. The fourth-order valence-electron chi connectivity index (χ4n) is 2.97. The summed E-state index contributed by atoms with van der Waals surface area (Å²) in [7, 11) is 0. The first kappa shape index (κ1) is 15.2. The summed E-state index contributed by atoms with van der Waals surface area (Å²) in [6.07, 6.45) is 2.12. The third kappa shape index (κ3) is 3.39. The van der Waals surface area contributed by atoms with E-state index in [4.69, 9.17) is 4.52 Å². The minimum atomic E-state index is 0.0582. The number of aryl methyl sites for hydroxylation is 1. The van der Waals surface area contributed by atoms with E-state index in [1.807, 2.05) is 37.4 Å². The van der Waals surface area contributed by atoms with Gasteiger partial charge in [-0.2, -0.15) is 0 Å². The number of carbonyl (C=O) groups excluding carboxylic acids is 1. The second-order valence-corrected chi connectivity index (χ2v) is 6.77. The normalized spacial score (nSPS) is 20.2. The standard InChI is InChI=1S/C16H21N3O2S/c1-11-9-13(18-21-11)14-5-3-7-19(14)10-16(20)17-12(2)15-6-4-8-22-15/h4,6,8-9,12,14H,3,5,7,10H2,1-2H3,(H,17,20)/t12-,14-/m0/s1. The average molecular weight is 319 g/mol. The van der Waals surface area contributed by atoms with Crippen LogP contribution in [-0.4, -0.2) is 29.1 Å². The summed E-state index contributed by atoms with van der Waals surface area (Å²) in [5.74, 6) is 0.880. The van der Waals surface area contributed by atoms with Gasteiger partial charge in [-0.25, -0.2) is 0 Å². The first-order valence-electron chi connectivity index (χ1n) is 7.63. The van der Waals surface area contributed by atoms with E-state index in [9.17, 15) is 4.79 Å². The predicted octanol–water partition coefficient (Wildman–Crippen LogP) is 3.06. The van der Waals surface area contributed by atoms with Gasteiger partial charge in [0.05, 0.1) is 18.6 Å². The number of aromatic nitrogens is 1. The van der Waals surface area contributed by atoms with Gasteiger partial charge in [0.15, 0.2) is 0 Å². The zero-order chi connectivity index (χ0) is 15.5. The summed E-state index contributed by atoms with van der Waals surface area (Å²) in [4.78, 5) is 15.7. The molecular formula is C16H21N3O2S. The Kier molecular flexibility index (Phi) is 4.59. The highest BCUT2D eigenvalue weighted by Gasteiger charge is 2.30. The number of nitrogens with zero attached hydrogens (tertiary/aromatic N) is 2. The van der Waals surface area contributed by atoms with Crippen molar-refractivity contribution in [2.24, 2.45) is 0 Å². The number of carbonyl (C=O) groups is 1. The van der Waals surface area contributed by atoms with Crippen LogP contribution in [0.3, 0.4) is 0 Å². The maximum absolute atomic E-state index is 12.3. The summed E-state index contributed by atoms with van der Waals surface area (Å²) >= 11 is 1.67. The van der Waals surface area contributed by atoms with Crippen molar-refractivity contribution in [1.82, 2.24) is 15.4 Å². The SMILES string of the molecule is Cc1cc([C@@H]2CCCN2CC(=O)N[C@@H](C)c2cccs2)no1. The fraction of sp³-hybridized carbons (Fsp3) is 0.500. The van der Waals surface area contributed by atoms with E-state index in [1.165, 1.54) is 4.88 Å². The Morgan fingerprint density at radius 2 is 2.50 bits per heavy atom. The monoisotopic (exact) mass is 319 g/mol. The van der Waals surface area contributed by atoms with Crippen LogP contribution in [0.15, 0.2) is 28.1 Å². The van der Waals surface area contributed by atoms with Crippen LogP contribution >= 0.6 is 11.3 Å². The average Bonchev–Trinajstić information content (AvgIpc) is 3.18. The van der Waals surface area contributed by atoms with Gasteiger partial charge in [0.1, 0.15) is 11.5 Å². The minimum Gasteiger partial charge on any atom is -0.361 e. The van der Waals surface area contributed by atoms with Crippen molar-refractivity contribution in [3.05, 3.63) is 39.9 Å². The molecule has 118 valence electrons. The molecule has 2 aromatic rings. The largest absolute Gasteiger partial charge is 0.361 e. The number of amides is 1. The van der Waals surface area contributed by atoms with Crippen LogP contribution in [0.1, 0.15) is 48.2 Å². The Balaban J connectivity index is 1.58. The first-order valence-corrected chi connectivity index (χ1v) is 8.51. The Morgan fingerprint density at radius 1 is 1.64 bits per heavy atom. The van der Waals surface area contributed by atoms with Gasteiger partial charge < -0.3 is 9.84 Å². The molecule has 3 heterocycles. The highest BCUT2D eigenvalue weighted by Crippen LogP contribution is 2.31. The number of nitrogens with one attached hydrogen (secondary N) is 1. The smallest absolute Gasteiger partial charge is 0.234 e. The maximum atomic E-state index is 12.3. The number of hydrogen-bond donors (Lipinski definition) is 1. The molecule has 0 saturated carbocycles. The van der Waals surface area contributed by atoms with Crippen molar-refractivity contribution in [3.63, 3.8) is 0 Å². The molecule has 6 heteroatoms. The highest BCUT2D eigenvalue weighted by atomic mass is 32.1. The lowest BCUT2D eigenvalue weighted by molar-refractivity contribution is -0.123. The molecule has 1 aliphatic rings. The topological polar surface area (TPSA) is 58.4 Å². The van der Waals surface area contributed by atoms with Crippen LogP contribution in [0, 0.1) is 6.92 Å². The number of likely N-dealkylation sites (tertiary alicyclic amines) is 1. The first-order chi connectivity index (χ1) is 10.6. The Labute approximate surface area is 134 Å². The zero-order valence-corrected chi connectivity index (χ0v) is 13.7. The van der Waals surface area contributed by atoms with E-state index in [0.717, 1.165) is 30.8 Å². The van der Waals surface area contributed by atoms with Crippen molar-refractivity contribution in [2.75, 3.05) is 13.1 Å². The molecule has 1 aliphatic heterocycles. The molecule has 0 unspecified atom stereocenters. The molecule has 5 nitrogen and oxygen atoms in total.